The summed E-state index contributed by atoms with van der Waals surface area (Å²) >= 11 is 0. The van der Waals surface area contributed by atoms with Crippen molar-refractivity contribution >= 4 is 23.3 Å². The summed E-state index contributed by atoms with van der Waals surface area (Å²) in [5, 5.41) is 6.03. The number of nitrogens with zero attached hydrogens (tertiary/aromatic N) is 4. The molecule has 0 saturated carbocycles. The van der Waals surface area contributed by atoms with Crippen molar-refractivity contribution < 1.29 is 9.59 Å². The van der Waals surface area contributed by atoms with E-state index in [1.165, 1.54) is 16.9 Å². The third-order valence-electron chi connectivity index (χ3n) is 5.33. The van der Waals surface area contributed by atoms with Crippen molar-refractivity contribution in [3.05, 3.63) is 71.1 Å². The summed E-state index contributed by atoms with van der Waals surface area (Å²) in [7, 11) is 0. The lowest BCUT2D eigenvalue weighted by Gasteiger charge is -2.22. The molecule has 0 unspecified atom stereocenters. The van der Waals surface area contributed by atoms with Gasteiger partial charge in [-0.1, -0.05) is 18.6 Å². The van der Waals surface area contributed by atoms with Crippen LogP contribution in [-0.4, -0.2) is 33.0 Å². The minimum Gasteiger partial charge on any atom is -0.364 e. The van der Waals surface area contributed by atoms with E-state index in [4.69, 9.17) is 18.1 Å². The average Bonchev–Trinajstić information content (AvgIpc) is 3.17. The largest absolute Gasteiger partial charge is 0.364 e. The normalized spacial score (nSPS) is 15.7. The Labute approximate surface area is 184 Å². The van der Waals surface area contributed by atoms with Gasteiger partial charge >= 0.3 is 0 Å². The van der Waals surface area contributed by atoms with Crippen molar-refractivity contribution in [1.29, 1.82) is 0 Å². The fraction of sp³-hybridized carbons (Fsp3) is 0.227. The molecule has 4 rings (SSSR count). The number of nitrogens with one attached hydrogen (secondary N) is 2. The number of carbonyl (C=O) groups is 2. The Kier molecular flexibility index (Phi) is 5.83. The van der Waals surface area contributed by atoms with Crippen LogP contribution in [-0.2, 0) is 0 Å². The molecule has 2 aromatic heterocycles. The molecule has 6 N–H and O–H groups in total. The summed E-state index contributed by atoms with van der Waals surface area (Å²) in [4.78, 5) is 36.6. The smallest absolute Gasteiger partial charge is 0.269 e. The maximum absolute atomic E-state index is 12.6. The first-order valence-electron chi connectivity index (χ1n) is 10.1. The van der Waals surface area contributed by atoms with E-state index >= 15 is 0 Å². The zero-order valence-corrected chi connectivity index (χ0v) is 17.2. The number of carbonyl (C=O) groups excluding carboxylic acids is 2. The number of hydrogen-bond acceptors (Lipinski definition) is 6. The van der Waals surface area contributed by atoms with Crippen LogP contribution in [0.1, 0.15) is 52.0 Å². The van der Waals surface area contributed by atoms with Gasteiger partial charge in [0, 0.05) is 17.3 Å². The lowest BCUT2D eigenvalue weighted by atomic mass is 10.0. The standard InChI is InChI=1S/C22H22N8O2/c1-25-15-9-11-27-17(12-15)28-22(32)14-7-5-13(6-8-14)18-19(20(23)31)30(24)21(29-18)16-4-2-3-10-26-16/h5-9,11-12,16,26H,2-4,10,24H2,(H2,23,31)(H,27,28,32)/t16-/m0/s1. The molecule has 10 heteroatoms. The zero-order chi connectivity index (χ0) is 22.7. The Hall–Kier alpha value is -4.23. The molecule has 0 bridgehead atoms. The number of benzene rings is 1. The van der Waals surface area contributed by atoms with E-state index in [0.717, 1.165) is 25.8 Å². The first-order valence-corrected chi connectivity index (χ1v) is 10.1. The van der Waals surface area contributed by atoms with Gasteiger partial charge < -0.3 is 22.2 Å². The molecule has 1 saturated heterocycles. The van der Waals surface area contributed by atoms with Gasteiger partial charge in [-0.15, -0.1) is 0 Å². The van der Waals surface area contributed by atoms with Crippen LogP contribution in [0.2, 0.25) is 0 Å². The number of nitrogen functional groups attached to an aromatic ring is 1. The van der Waals surface area contributed by atoms with E-state index in [1.807, 2.05) is 0 Å². The highest BCUT2D eigenvalue weighted by Crippen LogP contribution is 2.29. The van der Waals surface area contributed by atoms with Crippen molar-refractivity contribution in [2.45, 2.75) is 25.3 Å². The van der Waals surface area contributed by atoms with Gasteiger partial charge in [0.15, 0.2) is 11.4 Å². The highest BCUT2D eigenvalue weighted by Gasteiger charge is 2.27. The van der Waals surface area contributed by atoms with Crippen LogP contribution < -0.4 is 22.2 Å². The average molecular weight is 430 g/mol. The quantitative estimate of drug-likeness (QED) is 0.361. The van der Waals surface area contributed by atoms with E-state index in [-0.39, 0.29) is 23.5 Å². The number of nitrogens with two attached hydrogens (primary N) is 2. The minimum absolute atomic E-state index is 0.0515. The number of aromatic nitrogens is 3. The second-order valence-corrected chi connectivity index (χ2v) is 7.45. The summed E-state index contributed by atoms with van der Waals surface area (Å²) in [6.07, 6.45) is 4.45. The number of anilines is 1. The summed E-state index contributed by atoms with van der Waals surface area (Å²) in [6.45, 7) is 7.91. The topological polar surface area (TPSA) is 145 Å². The van der Waals surface area contributed by atoms with Gasteiger partial charge in [0.2, 0.25) is 0 Å². The van der Waals surface area contributed by atoms with Crippen LogP contribution in [0.25, 0.3) is 16.1 Å². The fourth-order valence-corrected chi connectivity index (χ4v) is 3.73. The van der Waals surface area contributed by atoms with Crippen molar-refractivity contribution in [3.63, 3.8) is 0 Å². The summed E-state index contributed by atoms with van der Waals surface area (Å²) in [5.41, 5.74) is 7.46. The number of rotatable bonds is 5. The van der Waals surface area contributed by atoms with Crippen molar-refractivity contribution in [2.24, 2.45) is 5.73 Å². The van der Waals surface area contributed by atoms with Crippen LogP contribution in [0.15, 0.2) is 42.6 Å². The summed E-state index contributed by atoms with van der Waals surface area (Å²) < 4.78 is 1.26. The maximum Gasteiger partial charge on any atom is 0.269 e. The van der Waals surface area contributed by atoms with Crippen LogP contribution in [0.5, 0.6) is 0 Å². The van der Waals surface area contributed by atoms with E-state index in [0.29, 0.717) is 28.3 Å². The van der Waals surface area contributed by atoms with E-state index < -0.39 is 5.91 Å². The molecule has 3 aromatic rings. The molecule has 1 fully saturated rings. The van der Waals surface area contributed by atoms with Crippen LogP contribution in [0.3, 0.4) is 0 Å². The second kappa shape index (κ2) is 8.87. The maximum atomic E-state index is 12.6. The third kappa shape index (κ3) is 4.14. The Bertz CT molecular complexity index is 1200. The first kappa shape index (κ1) is 21.0. The van der Waals surface area contributed by atoms with Crippen LogP contribution >= 0.6 is 0 Å². The van der Waals surface area contributed by atoms with Crippen molar-refractivity contribution in [2.75, 3.05) is 17.7 Å². The summed E-state index contributed by atoms with van der Waals surface area (Å²) in [5.74, 6) is 5.97. The number of primary amides is 1. The zero-order valence-electron chi connectivity index (χ0n) is 17.2. The van der Waals surface area contributed by atoms with Crippen molar-refractivity contribution in [3.8, 4) is 11.3 Å². The SMILES string of the molecule is [C-]#[N+]c1ccnc(NC(=O)c2ccc(-c3nc([C@@H]4CCCCN4)n(N)c3C(N)=O)cc2)c1. The van der Waals surface area contributed by atoms with Crippen LogP contribution in [0.4, 0.5) is 11.5 Å². The van der Waals surface area contributed by atoms with Gasteiger partial charge in [0.1, 0.15) is 17.3 Å². The Morgan fingerprint density at radius 1 is 1.22 bits per heavy atom. The second-order valence-electron chi connectivity index (χ2n) is 7.45. The highest BCUT2D eigenvalue weighted by molar-refractivity contribution is 6.04. The van der Waals surface area contributed by atoms with E-state index in [2.05, 4.69) is 25.4 Å². The van der Waals surface area contributed by atoms with Crippen LogP contribution in [0, 0.1) is 6.57 Å². The molecule has 2 amide bonds. The number of piperidine rings is 1. The Morgan fingerprint density at radius 2 is 2.00 bits per heavy atom. The van der Waals surface area contributed by atoms with Gasteiger partial charge in [-0.05, 0) is 43.7 Å². The number of amides is 2. The number of pyridine rings is 1. The number of imidazole rings is 1. The third-order valence-corrected chi connectivity index (χ3v) is 5.33. The Balaban J connectivity index is 1.60. The molecule has 1 atom stereocenters. The molecule has 10 nitrogen and oxygen atoms in total. The van der Waals surface area contributed by atoms with Gasteiger partial charge in [0.25, 0.3) is 11.8 Å². The molecule has 3 heterocycles. The molecule has 162 valence electrons. The molecule has 1 aromatic carbocycles. The molecule has 32 heavy (non-hydrogen) atoms. The highest BCUT2D eigenvalue weighted by atomic mass is 16.2. The minimum atomic E-state index is -0.676. The molecular weight excluding hydrogens is 408 g/mol. The molecule has 0 spiro atoms. The molecular formula is C22H22N8O2. The first-order chi connectivity index (χ1) is 15.5. The molecule has 0 aliphatic carbocycles. The molecule has 0 radical (unpaired) electrons. The monoisotopic (exact) mass is 430 g/mol. The van der Waals surface area contributed by atoms with E-state index in [1.54, 1.807) is 30.3 Å². The van der Waals surface area contributed by atoms with Gasteiger partial charge in [-0.25, -0.2) is 19.5 Å². The van der Waals surface area contributed by atoms with Gasteiger partial charge in [-0.2, -0.15) is 0 Å². The molecule has 1 aliphatic heterocycles. The molecule has 1 aliphatic rings. The predicted octanol–water partition coefficient (Wildman–Crippen LogP) is 2.38. The Morgan fingerprint density at radius 3 is 2.66 bits per heavy atom. The predicted molar refractivity (Wildman–Crippen MR) is 119 cm³/mol. The van der Waals surface area contributed by atoms with Crippen molar-refractivity contribution in [1.82, 2.24) is 20.0 Å². The lowest BCUT2D eigenvalue weighted by Crippen LogP contribution is -2.32. The summed E-state index contributed by atoms with van der Waals surface area (Å²) in [6, 6.07) is 9.60. The van der Waals surface area contributed by atoms with E-state index in [9.17, 15) is 9.59 Å². The number of hydrogen-bond donors (Lipinski definition) is 4. The van der Waals surface area contributed by atoms with Gasteiger partial charge in [-0.3, -0.25) is 9.59 Å². The lowest BCUT2D eigenvalue weighted by molar-refractivity contribution is 0.0991. The van der Waals surface area contributed by atoms with Gasteiger partial charge in [0.05, 0.1) is 12.6 Å². The fourth-order valence-electron chi connectivity index (χ4n) is 3.73.